The summed E-state index contributed by atoms with van der Waals surface area (Å²) in [4.78, 5) is 11.2. The van der Waals surface area contributed by atoms with Crippen LogP contribution in [0.3, 0.4) is 0 Å². The summed E-state index contributed by atoms with van der Waals surface area (Å²) in [6.45, 7) is 6.80. The average molecular weight is 305 g/mol. The Hall–Kier alpha value is -1.30. The van der Waals surface area contributed by atoms with Crippen LogP contribution in [0.25, 0.3) is 0 Å². The van der Waals surface area contributed by atoms with E-state index in [9.17, 15) is 0 Å². The summed E-state index contributed by atoms with van der Waals surface area (Å²) in [7, 11) is 1.66. The first-order chi connectivity index (χ1) is 10.2. The van der Waals surface area contributed by atoms with E-state index in [1.807, 2.05) is 12.4 Å². The summed E-state index contributed by atoms with van der Waals surface area (Å²) in [5.41, 5.74) is 2.52. The first kappa shape index (κ1) is 16.1. The second-order valence-corrected chi connectivity index (χ2v) is 6.01. The summed E-state index contributed by atoms with van der Waals surface area (Å²) >= 11 is 1.75. The highest BCUT2D eigenvalue weighted by molar-refractivity contribution is 7.07. The minimum atomic E-state index is 0.463. The maximum Gasteiger partial charge on any atom is 0.153 e. The minimum absolute atomic E-state index is 0.463. The third-order valence-corrected chi connectivity index (χ3v) is 4.33. The molecule has 5 heteroatoms. The monoisotopic (exact) mass is 305 g/mol. The van der Waals surface area contributed by atoms with Gasteiger partial charge in [0, 0.05) is 44.2 Å². The molecule has 4 nitrogen and oxygen atoms in total. The van der Waals surface area contributed by atoms with Crippen molar-refractivity contribution in [2.45, 2.75) is 46.0 Å². The molecule has 2 aromatic rings. The first-order valence-corrected chi connectivity index (χ1v) is 8.21. The van der Waals surface area contributed by atoms with Gasteiger partial charge in [-0.1, -0.05) is 6.92 Å². The fourth-order valence-electron chi connectivity index (χ4n) is 2.14. The average Bonchev–Trinajstić information content (AvgIpc) is 3.01. The summed E-state index contributed by atoms with van der Waals surface area (Å²) in [5, 5.41) is 4.35. The van der Waals surface area contributed by atoms with Gasteiger partial charge in [-0.15, -0.1) is 0 Å². The van der Waals surface area contributed by atoms with E-state index in [0.29, 0.717) is 12.6 Å². The summed E-state index contributed by atoms with van der Waals surface area (Å²) in [6, 6.07) is 2.72. The highest BCUT2D eigenvalue weighted by Gasteiger charge is 2.14. The van der Waals surface area contributed by atoms with Crippen LogP contribution in [0, 0.1) is 0 Å². The Morgan fingerprint density at radius 2 is 1.95 bits per heavy atom. The lowest BCUT2D eigenvalue weighted by Crippen LogP contribution is -2.31. The lowest BCUT2D eigenvalue weighted by Gasteiger charge is -2.28. The lowest BCUT2D eigenvalue weighted by molar-refractivity contribution is 0.176. The first-order valence-electron chi connectivity index (χ1n) is 7.26. The molecule has 0 N–H and O–H groups in total. The molecular formula is C16H23N3OS. The van der Waals surface area contributed by atoms with Crippen LogP contribution in [0.4, 0.5) is 0 Å². The van der Waals surface area contributed by atoms with Gasteiger partial charge in [-0.05, 0) is 35.7 Å². The number of aromatic nitrogens is 2. The number of ether oxygens (including phenoxy) is 1. The van der Waals surface area contributed by atoms with E-state index < -0.39 is 0 Å². The zero-order chi connectivity index (χ0) is 15.1. The van der Waals surface area contributed by atoms with E-state index in [-0.39, 0.29) is 0 Å². The normalized spacial score (nSPS) is 12.8. The predicted molar refractivity (Wildman–Crippen MR) is 86.1 cm³/mol. The molecular weight excluding hydrogens is 282 g/mol. The molecule has 0 aromatic carbocycles. The highest BCUT2D eigenvalue weighted by Crippen LogP contribution is 2.16. The quantitative estimate of drug-likeness (QED) is 0.748. The summed E-state index contributed by atoms with van der Waals surface area (Å²) in [6.07, 6.45) is 4.95. The number of methoxy groups -OCH3 is 1. The molecule has 0 saturated carbocycles. The van der Waals surface area contributed by atoms with Crippen molar-refractivity contribution in [3.05, 3.63) is 46.2 Å². The standard InChI is InChI=1S/C16H23N3OS/c1-4-13(2)19(9-14-5-6-21-12-14)10-15-7-17-16(11-20-3)18-8-15/h5-8,12-13H,4,9-11H2,1-3H3. The fraction of sp³-hybridized carbons (Fsp3) is 0.500. The van der Waals surface area contributed by atoms with Crippen molar-refractivity contribution in [2.75, 3.05) is 7.11 Å². The van der Waals surface area contributed by atoms with Crippen molar-refractivity contribution in [1.82, 2.24) is 14.9 Å². The van der Waals surface area contributed by atoms with Gasteiger partial charge in [-0.3, -0.25) is 4.90 Å². The van der Waals surface area contributed by atoms with Crippen LogP contribution >= 0.6 is 11.3 Å². The van der Waals surface area contributed by atoms with Gasteiger partial charge in [0.25, 0.3) is 0 Å². The number of thiophene rings is 1. The number of rotatable bonds is 8. The predicted octanol–water partition coefficient (Wildman–Crippen LogP) is 3.49. The van der Waals surface area contributed by atoms with Crippen LogP contribution in [0.2, 0.25) is 0 Å². The number of hydrogen-bond acceptors (Lipinski definition) is 5. The van der Waals surface area contributed by atoms with E-state index in [1.165, 1.54) is 5.56 Å². The molecule has 0 aliphatic rings. The molecule has 2 rings (SSSR count). The SMILES string of the molecule is CCC(C)N(Cc1cnc(COC)nc1)Cc1ccsc1. The van der Waals surface area contributed by atoms with E-state index >= 15 is 0 Å². The third-order valence-electron chi connectivity index (χ3n) is 3.60. The molecule has 0 radical (unpaired) electrons. The molecule has 114 valence electrons. The van der Waals surface area contributed by atoms with Gasteiger partial charge in [-0.2, -0.15) is 11.3 Å². The Balaban J connectivity index is 2.03. The molecule has 0 spiro atoms. The van der Waals surface area contributed by atoms with E-state index in [1.54, 1.807) is 18.4 Å². The third kappa shape index (κ3) is 4.88. The van der Waals surface area contributed by atoms with Crippen LogP contribution < -0.4 is 0 Å². The van der Waals surface area contributed by atoms with Crippen molar-refractivity contribution in [1.29, 1.82) is 0 Å². The van der Waals surface area contributed by atoms with Crippen LogP contribution in [0.5, 0.6) is 0 Å². The molecule has 0 fully saturated rings. The van der Waals surface area contributed by atoms with Gasteiger partial charge in [0.1, 0.15) is 6.61 Å². The second kappa shape index (κ2) is 8.22. The Kier molecular flexibility index (Phi) is 6.29. The molecule has 1 atom stereocenters. The number of hydrogen-bond donors (Lipinski definition) is 0. The summed E-state index contributed by atoms with van der Waals surface area (Å²) < 4.78 is 5.04. The van der Waals surface area contributed by atoms with Crippen LogP contribution in [-0.2, 0) is 24.4 Å². The minimum Gasteiger partial charge on any atom is -0.377 e. The lowest BCUT2D eigenvalue weighted by atomic mass is 10.1. The zero-order valence-electron chi connectivity index (χ0n) is 13.0. The molecule has 0 aliphatic carbocycles. The number of nitrogens with zero attached hydrogens (tertiary/aromatic N) is 3. The van der Waals surface area contributed by atoms with Gasteiger partial charge in [0.15, 0.2) is 5.82 Å². The Morgan fingerprint density at radius 1 is 1.24 bits per heavy atom. The maximum absolute atomic E-state index is 5.04. The topological polar surface area (TPSA) is 38.2 Å². The smallest absolute Gasteiger partial charge is 0.153 e. The largest absolute Gasteiger partial charge is 0.377 e. The van der Waals surface area contributed by atoms with E-state index in [2.05, 4.69) is 45.5 Å². The zero-order valence-corrected chi connectivity index (χ0v) is 13.8. The molecule has 2 heterocycles. The van der Waals surface area contributed by atoms with Crippen molar-refractivity contribution >= 4 is 11.3 Å². The Bertz CT molecular complexity index is 513. The van der Waals surface area contributed by atoms with Crippen molar-refractivity contribution in [3.63, 3.8) is 0 Å². The van der Waals surface area contributed by atoms with Crippen LogP contribution in [-0.4, -0.2) is 28.0 Å². The van der Waals surface area contributed by atoms with Gasteiger partial charge in [0.2, 0.25) is 0 Å². The van der Waals surface area contributed by atoms with Gasteiger partial charge < -0.3 is 4.74 Å². The van der Waals surface area contributed by atoms with E-state index in [0.717, 1.165) is 30.9 Å². The molecule has 21 heavy (non-hydrogen) atoms. The molecule has 0 bridgehead atoms. The highest BCUT2D eigenvalue weighted by atomic mass is 32.1. The van der Waals surface area contributed by atoms with Crippen molar-refractivity contribution in [3.8, 4) is 0 Å². The van der Waals surface area contributed by atoms with Crippen molar-refractivity contribution < 1.29 is 4.74 Å². The van der Waals surface area contributed by atoms with Crippen molar-refractivity contribution in [2.24, 2.45) is 0 Å². The Labute approximate surface area is 130 Å². The molecule has 0 aliphatic heterocycles. The molecule has 2 aromatic heterocycles. The van der Waals surface area contributed by atoms with Gasteiger partial charge >= 0.3 is 0 Å². The Morgan fingerprint density at radius 3 is 2.52 bits per heavy atom. The maximum atomic E-state index is 5.04. The molecule has 0 saturated heterocycles. The molecule has 0 amide bonds. The van der Waals surface area contributed by atoms with Crippen LogP contribution in [0.1, 0.15) is 37.2 Å². The second-order valence-electron chi connectivity index (χ2n) is 5.23. The fourth-order valence-corrected chi connectivity index (χ4v) is 2.80. The van der Waals surface area contributed by atoms with Gasteiger partial charge in [0.05, 0.1) is 0 Å². The van der Waals surface area contributed by atoms with Crippen LogP contribution in [0.15, 0.2) is 29.2 Å². The van der Waals surface area contributed by atoms with Gasteiger partial charge in [-0.25, -0.2) is 9.97 Å². The summed E-state index contributed by atoms with van der Waals surface area (Å²) in [5.74, 6) is 0.731. The molecule has 1 unspecified atom stereocenters. The van der Waals surface area contributed by atoms with E-state index in [4.69, 9.17) is 4.74 Å².